The van der Waals surface area contributed by atoms with E-state index in [-0.39, 0.29) is 0 Å². The van der Waals surface area contributed by atoms with Gasteiger partial charge in [-0.05, 0) is 25.8 Å². The quantitative estimate of drug-likeness (QED) is 0.748. The van der Waals surface area contributed by atoms with Crippen LogP contribution in [0.2, 0.25) is 0 Å². The van der Waals surface area contributed by atoms with Gasteiger partial charge in [-0.3, -0.25) is 4.90 Å². The summed E-state index contributed by atoms with van der Waals surface area (Å²) in [6, 6.07) is 1.71. The minimum Gasteiger partial charge on any atom is -0.312 e. The zero-order chi connectivity index (χ0) is 10.7. The van der Waals surface area contributed by atoms with Gasteiger partial charge in [-0.2, -0.15) is 11.8 Å². The molecule has 2 nitrogen and oxygen atoms in total. The van der Waals surface area contributed by atoms with Crippen molar-refractivity contribution in [3.05, 3.63) is 0 Å². The summed E-state index contributed by atoms with van der Waals surface area (Å²) in [7, 11) is 0. The van der Waals surface area contributed by atoms with Gasteiger partial charge in [0, 0.05) is 36.2 Å². The molecular weight excluding hydrogens is 204 g/mol. The molecule has 1 saturated carbocycles. The molecule has 88 valence electrons. The van der Waals surface area contributed by atoms with Gasteiger partial charge in [-0.1, -0.05) is 13.8 Å². The van der Waals surface area contributed by atoms with Crippen LogP contribution in [0.5, 0.6) is 0 Å². The van der Waals surface area contributed by atoms with Gasteiger partial charge in [0.15, 0.2) is 0 Å². The van der Waals surface area contributed by atoms with E-state index in [0.29, 0.717) is 0 Å². The molecule has 0 spiro atoms. The Balaban J connectivity index is 1.57. The largest absolute Gasteiger partial charge is 0.312 e. The highest BCUT2D eigenvalue weighted by atomic mass is 32.2. The molecule has 2 aliphatic rings. The van der Waals surface area contributed by atoms with Crippen LogP contribution in [0.1, 0.15) is 33.1 Å². The van der Waals surface area contributed by atoms with E-state index in [1.54, 1.807) is 0 Å². The Labute approximate surface area is 98.2 Å². The molecule has 2 atom stereocenters. The molecule has 3 heteroatoms. The molecule has 0 radical (unpaired) electrons. The monoisotopic (exact) mass is 228 g/mol. The first kappa shape index (κ1) is 11.7. The van der Waals surface area contributed by atoms with E-state index >= 15 is 0 Å². The highest BCUT2D eigenvalue weighted by Gasteiger charge is 2.27. The third-order valence-corrected chi connectivity index (χ3v) is 4.86. The number of hydrogen-bond donors (Lipinski definition) is 1. The number of likely N-dealkylation sites (N-methyl/N-ethyl adjacent to an activating group) is 1. The number of hydrogen-bond acceptors (Lipinski definition) is 3. The summed E-state index contributed by atoms with van der Waals surface area (Å²) >= 11 is 2.11. The summed E-state index contributed by atoms with van der Waals surface area (Å²) in [4.78, 5) is 2.62. The molecule has 0 amide bonds. The van der Waals surface area contributed by atoms with E-state index in [1.807, 2.05) is 0 Å². The van der Waals surface area contributed by atoms with Crippen molar-refractivity contribution in [2.45, 2.75) is 50.4 Å². The Hall–Kier alpha value is 0.270. The molecule has 15 heavy (non-hydrogen) atoms. The van der Waals surface area contributed by atoms with Crippen molar-refractivity contribution in [1.82, 2.24) is 10.2 Å². The fraction of sp³-hybridized carbons (Fsp3) is 1.00. The second-order valence-corrected chi connectivity index (χ2v) is 6.36. The molecule has 0 aromatic heterocycles. The Morgan fingerprint density at radius 3 is 2.73 bits per heavy atom. The standard InChI is InChI=1S/C12H24N2S/c1-3-14(12-4-5-12)7-6-13-11-8-10(2)15-9-11/h10-13H,3-9H2,1-2H3. The van der Waals surface area contributed by atoms with Crippen LogP contribution >= 0.6 is 11.8 Å². The molecule has 1 heterocycles. The van der Waals surface area contributed by atoms with Crippen molar-refractivity contribution < 1.29 is 0 Å². The van der Waals surface area contributed by atoms with Crippen molar-refractivity contribution in [3.8, 4) is 0 Å². The summed E-state index contributed by atoms with van der Waals surface area (Å²) in [5.41, 5.74) is 0. The molecule has 2 unspecified atom stereocenters. The Kier molecular flexibility index (Phi) is 4.35. The van der Waals surface area contributed by atoms with Crippen LogP contribution in [0.25, 0.3) is 0 Å². The van der Waals surface area contributed by atoms with Gasteiger partial charge in [0.25, 0.3) is 0 Å². The van der Waals surface area contributed by atoms with E-state index in [9.17, 15) is 0 Å². The topological polar surface area (TPSA) is 15.3 Å². The zero-order valence-electron chi connectivity index (χ0n) is 10.0. The maximum Gasteiger partial charge on any atom is 0.0169 e. The third kappa shape index (κ3) is 3.65. The number of nitrogens with zero attached hydrogens (tertiary/aromatic N) is 1. The normalized spacial score (nSPS) is 31.4. The smallest absolute Gasteiger partial charge is 0.0169 e. The van der Waals surface area contributed by atoms with Crippen LogP contribution in [-0.4, -0.2) is 47.6 Å². The summed E-state index contributed by atoms with van der Waals surface area (Å²) in [6.07, 6.45) is 4.23. The van der Waals surface area contributed by atoms with Crippen molar-refractivity contribution >= 4 is 11.8 Å². The van der Waals surface area contributed by atoms with Gasteiger partial charge in [0.2, 0.25) is 0 Å². The first-order valence-electron chi connectivity index (χ1n) is 6.38. The molecule has 1 N–H and O–H groups in total. The van der Waals surface area contributed by atoms with Crippen LogP contribution in [0, 0.1) is 0 Å². The van der Waals surface area contributed by atoms with E-state index in [1.165, 1.54) is 44.6 Å². The summed E-state index contributed by atoms with van der Waals surface area (Å²) < 4.78 is 0. The van der Waals surface area contributed by atoms with Gasteiger partial charge in [-0.15, -0.1) is 0 Å². The maximum absolute atomic E-state index is 3.70. The third-order valence-electron chi connectivity index (χ3n) is 3.50. The van der Waals surface area contributed by atoms with E-state index in [4.69, 9.17) is 0 Å². The fourth-order valence-electron chi connectivity index (χ4n) is 2.41. The second kappa shape index (κ2) is 5.55. The van der Waals surface area contributed by atoms with Crippen LogP contribution in [0.15, 0.2) is 0 Å². The molecule has 2 fully saturated rings. The number of rotatable bonds is 6. The lowest BCUT2D eigenvalue weighted by atomic mass is 10.2. The Morgan fingerprint density at radius 2 is 2.20 bits per heavy atom. The molecule has 0 aromatic rings. The minimum atomic E-state index is 0.780. The molecule has 1 saturated heterocycles. The van der Waals surface area contributed by atoms with E-state index in [2.05, 4.69) is 35.8 Å². The van der Waals surface area contributed by atoms with Crippen molar-refractivity contribution in [3.63, 3.8) is 0 Å². The second-order valence-electron chi connectivity index (χ2n) is 4.89. The summed E-state index contributed by atoms with van der Waals surface area (Å²) in [5.74, 6) is 1.32. The lowest BCUT2D eigenvalue weighted by Crippen LogP contribution is -2.38. The van der Waals surface area contributed by atoms with Crippen LogP contribution in [0.4, 0.5) is 0 Å². The van der Waals surface area contributed by atoms with Gasteiger partial charge >= 0.3 is 0 Å². The van der Waals surface area contributed by atoms with Gasteiger partial charge in [0.1, 0.15) is 0 Å². The van der Waals surface area contributed by atoms with Crippen molar-refractivity contribution in [2.75, 3.05) is 25.4 Å². The minimum absolute atomic E-state index is 0.780. The highest BCUT2D eigenvalue weighted by molar-refractivity contribution is 8.00. The first-order chi connectivity index (χ1) is 7.29. The molecule has 0 bridgehead atoms. The molecule has 1 aliphatic carbocycles. The first-order valence-corrected chi connectivity index (χ1v) is 7.43. The van der Waals surface area contributed by atoms with Crippen LogP contribution in [0.3, 0.4) is 0 Å². The predicted molar refractivity (Wildman–Crippen MR) is 68.6 cm³/mol. The lowest BCUT2D eigenvalue weighted by molar-refractivity contribution is 0.273. The van der Waals surface area contributed by atoms with Crippen LogP contribution in [-0.2, 0) is 0 Å². The van der Waals surface area contributed by atoms with Gasteiger partial charge < -0.3 is 5.32 Å². The average molecular weight is 228 g/mol. The van der Waals surface area contributed by atoms with Crippen molar-refractivity contribution in [2.24, 2.45) is 0 Å². The highest BCUT2D eigenvalue weighted by Crippen LogP contribution is 2.27. The molecule has 0 aromatic carbocycles. The lowest BCUT2D eigenvalue weighted by Gasteiger charge is -2.21. The Bertz CT molecular complexity index is 194. The molecular formula is C12H24N2S. The number of nitrogens with one attached hydrogen (secondary N) is 1. The fourth-order valence-corrected chi connectivity index (χ4v) is 3.59. The summed E-state index contributed by atoms with van der Waals surface area (Å²) in [6.45, 7) is 8.28. The van der Waals surface area contributed by atoms with Gasteiger partial charge in [0.05, 0.1) is 0 Å². The zero-order valence-corrected chi connectivity index (χ0v) is 10.9. The SMILES string of the molecule is CCN(CCNC1CSC(C)C1)C1CC1. The summed E-state index contributed by atoms with van der Waals surface area (Å²) in [5, 5.41) is 4.57. The van der Waals surface area contributed by atoms with E-state index < -0.39 is 0 Å². The van der Waals surface area contributed by atoms with Crippen molar-refractivity contribution in [1.29, 1.82) is 0 Å². The predicted octanol–water partition coefficient (Wildman–Crippen LogP) is 1.95. The van der Waals surface area contributed by atoms with Crippen LogP contribution < -0.4 is 5.32 Å². The average Bonchev–Trinajstić information content (AvgIpc) is 2.98. The molecule has 2 rings (SSSR count). The molecule has 1 aliphatic heterocycles. The maximum atomic E-state index is 3.70. The van der Waals surface area contributed by atoms with E-state index in [0.717, 1.165) is 17.3 Å². The number of thioether (sulfide) groups is 1. The Morgan fingerprint density at radius 1 is 1.40 bits per heavy atom. The van der Waals surface area contributed by atoms with Gasteiger partial charge in [-0.25, -0.2) is 0 Å².